The Balaban J connectivity index is 1.46. The minimum Gasteiger partial charge on any atom is -0.322 e. The average Bonchev–Trinajstić information content (AvgIpc) is 3.36. The molecule has 28 heavy (non-hydrogen) atoms. The van der Waals surface area contributed by atoms with Crippen LogP contribution in [0.2, 0.25) is 0 Å². The number of amides is 1. The van der Waals surface area contributed by atoms with E-state index < -0.39 is 0 Å². The lowest BCUT2D eigenvalue weighted by atomic mass is 10.0. The number of hydrogen-bond donors (Lipinski definition) is 1. The SMILES string of the molecule is Cc1ccc(C(=O)CC2CC2)cc1NC(=O)c1ccnc(CC2CCCC2)c1. The second-order valence-electron chi connectivity index (χ2n) is 8.44. The molecule has 4 heteroatoms. The van der Waals surface area contributed by atoms with E-state index in [0.29, 0.717) is 35.1 Å². The number of carbonyl (C=O) groups is 2. The van der Waals surface area contributed by atoms with Gasteiger partial charge in [-0.15, -0.1) is 0 Å². The van der Waals surface area contributed by atoms with Gasteiger partial charge in [0.1, 0.15) is 0 Å². The Morgan fingerprint density at radius 2 is 1.79 bits per heavy atom. The van der Waals surface area contributed by atoms with Crippen molar-refractivity contribution in [3.8, 4) is 0 Å². The van der Waals surface area contributed by atoms with Crippen molar-refractivity contribution < 1.29 is 9.59 Å². The summed E-state index contributed by atoms with van der Waals surface area (Å²) in [6.07, 6.45) is 10.7. The highest BCUT2D eigenvalue weighted by molar-refractivity contribution is 6.05. The summed E-state index contributed by atoms with van der Waals surface area (Å²) in [5, 5.41) is 2.99. The van der Waals surface area contributed by atoms with E-state index in [1.54, 1.807) is 12.3 Å². The molecule has 1 amide bonds. The maximum Gasteiger partial charge on any atom is 0.255 e. The van der Waals surface area contributed by atoms with E-state index in [0.717, 1.165) is 30.5 Å². The Morgan fingerprint density at radius 1 is 1.00 bits per heavy atom. The summed E-state index contributed by atoms with van der Waals surface area (Å²) >= 11 is 0. The molecule has 0 unspecified atom stereocenters. The van der Waals surface area contributed by atoms with Crippen molar-refractivity contribution in [3.05, 3.63) is 58.9 Å². The van der Waals surface area contributed by atoms with Crippen LogP contribution in [0.25, 0.3) is 0 Å². The molecule has 0 bridgehead atoms. The Labute approximate surface area is 166 Å². The largest absolute Gasteiger partial charge is 0.322 e. The average molecular weight is 377 g/mol. The maximum atomic E-state index is 12.8. The third kappa shape index (κ3) is 4.67. The summed E-state index contributed by atoms with van der Waals surface area (Å²) in [6, 6.07) is 9.25. The number of ketones is 1. The van der Waals surface area contributed by atoms with Crippen molar-refractivity contribution in [3.63, 3.8) is 0 Å². The molecule has 1 heterocycles. The van der Waals surface area contributed by atoms with Crippen molar-refractivity contribution in [2.45, 2.75) is 58.3 Å². The van der Waals surface area contributed by atoms with Crippen molar-refractivity contribution in [1.82, 2.24) is 4.98 Å². The van der Waals surface area contributed by atoms with Gasteiger partial charge in [0.15, 0.2) is 5.78 Å². The first kappa shape index (κ1) is 18.9. The zero-order valence-electron chi connectivity index (χ0n) is 16.5. The van der Waals surface area contributed by atoms with Crippen LogP contribution < -0.4 is 5.32 Å². The number of benzene rings is 1. The molecule has 146 valence electrons. The Morgan fingerprint density at radius 3 is 2.54 bits per heavy atom. The lowest BCUT2D eigenvalue weighted by molar-refractivity contribution is 0.0974. The van der Waals surface area contributed by atoms with Crippen LogP contribution in [0.3, 0.4) is 0 Å². The van der Waals surface area contributed by atoms with E-state index >= 15 is 0 Å². The molecule has 1 aromatic carbocycles. The van der Waals surface area contributed by atoms with E-state index in [1.165, 1.54) is 25.7 Å². The highest BCUT2D eigenvalue weighted by Gasteiger charge is 2.25. The standard InChI is InChI=1S/C24H28N2O2/c1-16-6-9-19(23(27)13-18-7-8-18)15-22(16)26-24(28)20-10-11-25-21(14-20)12-17-4-2-3-5-17/h6,9-11,14-15,17-18H,2-5,7-8,12-13H2,1H3,(H,26,28). The Hall–Kier alpha value is -2.49. The molecule has 0 spiro atoms. The monoisotopic (exact) mass is 376 g/mol. The molecule has 4 nitrogen and oxygen atoms in total. The number of rotatable bonds is 7. The molecular weight excluding hydrogens is 348 g/mol. The normalized spacial score (nSPS) is 16.9. The number of pyridine rings is 1. The molecule has 2 aromatic rings. The first-order chi connectivity index (χ1) is 13.6. The minimum absolute atomic E-state index is 0.148. The van der Waals surface area contributed by atoms with E-state index in [2.05, 4.69) is 10.3 Å². The number of nitrogens with one attached hydrogen (secondary N) is 1. The van der Waals surface area contributed by atoms with Gasteiger partial charge in [-0.05, 0) is 61.8 Å². The first-order valence-electron chi connectivity index (χ1n) is 10.5. The van der Waals surface area contributed by atoms with Crippen molar-refractivity contribution >= 4 is 17.4 Å². The topological polar surface area (TPSA) is 59.1 Å². The number of anilines is 1. The van der Waals surface area contributed by atoms with Gasteiger partial charge < -0.3 is 5.32 Å². The van der Waals surface area contributed by atoms with Crippen molar-refractivity contribution in [2.24, 2.45) is 11.8 Å². The third-order valence-corrected chi connectivity index (χ3v) is 6.03. The summed E-state index contributed by atoms with van der Waals surface area (Å²) in [6.45, 7) is 1.95. The molecule has 2 aliphatic carbocycles. The molecule has 1 N–H and O–H groups in total. The van der Waals surface area contributed by atoms with Crippen molar-refractivity contribution in [1.29, 1.82) is 0 Å². The predicted octanol–water partition coefficient (Wildman–Crippen LogP) is 5.36. The van der Waals surface area contributed by atoms with Crippen LogP contribution in [0, 0.1) is 18.8 Å². The maximum absolute atomic E-state index is 12.8. The zero-order valence-corrected chi connectivity index (χ0v) is 16.5. The lowest BCUT2D eigenvalue weighted by Crippen LogP contribution is -2.14. The van der Waals surface area contributed by atoms with E-state index in [4.69, 9.17) is 0 Å². The van der Waals surface area contributed by atoms with Gasteiger partial charge in [-0.3, -0.25) is 14.6 Å². The van der Waals surface area contributed by atoms with E-state index in [9.17, 15) is 9.59 Å². The second-order valence-corrected chi connectivity index (χ2v) is 8.44. The molecule has 1 aromatic heterocycles. The molecular formula is C24H28N2O2. The zero-order chi connectivity index (χ0) is 19.5. The number of carbonyl (C=O) groups excluding carboxylic acids is 2. The van der Waals surface area contributed by atoms with Gasteiger partial charge in [-0.25, -0.2) is 0 Å². The van der Waals surface area contributed by atoms with Crippen molar-refractivity contribution in [2.75, 3.05) is 5.32 Å². The van der Waals surface area contributed by atoms with Crippen LogP contribution >= 0.6 is 0 Å². The second kappa shape index (κ2) is 8.26. The molecule has 4 rings (SSSR count). The summed E-state index contributed by atoms with van der Waals surface area (Å²) in [4.78, 5) is 29.7. The minimum atomic E-state index is -0.148. The fraction of sp³-hybridized carbons (Fsp3) is 0.458. The van der Waals surface area contributed by atoms with Gasteiger partial charge >= 0.3 is 0 Å². The molecule has 0 saturated heterocycles. The number of aryl methyl sites for hydroxylation is 1. The van der Waals surface area contributed by atoms with Crippen LogP contribution in [-0.2, 0) is 6.42 Å². The molecule has 0 radical (unpaired) electrons. The quantitative estimate of drug-likeness (QED) is 0.662. The van der Waals surface area contributed by atoms with Gasteiger partial charge in [-0.2, -0.15) is 0 Å². The van der Waals surface area contributed by atoms with E-state index in [-0.39, 0.29) is 11.7 Å². The van der Waals surface area contributed by atoms with E-state index in [1.807, 2.05) is 31.2 Å². The third-order valence-electron chi connectivity index (χ3n) is 6.03. The highest BCUT2D eigenvalue weighted by Crippen LogP contribution is 2.34. The summed E-state index contributed by atoms with van der Waals surface area (Å²) < 4.78 is 0. The van der Waals surface area contributed by atoms with Crippen LogP contribution in [0.1, 0.15) is 76.9 Å². The lowest BCUT2D eigenvalue weighted by Gasteiger charge is -2.12. The van der Waals surface area contributed by atoms with Crippen LogP contribution in [0.15, 0.2) is 36.5 Å². The molecule has 0 atom stereocenters. The fourth-order valence-electron chi connectivity index (χ4n) is 4.07. The highest BCUT2D eigenvalue weighted by atomic mass is 16.1. The number of aromatic nitrogens is 1. The van der Waals surface area contributed by atoms with Gasteiger partial charge in [-0.1, -0.05) is 37.8 Å². The van der Waals surface area contributed by atoms with Crippen LogP contribution in [0.4, 0.5) is 5.69 Å². The number of hydrogen-bond acceptors (Lipinski definition) is 3. The van der Waals surface area contributed by atoms with Crippen LogP contribution in [0.5, 0.6) is 0 Å². The van der Waals surface area contributed by atoms with Gasteiger partial charge in [0.25, 0.3) is 5.91 Å². The van der Waals surface area contributed by atoms with Crippen LogP contribution in [-0.4, -0.2) is 16.7 Å². The predicted molar refractivity (Wildman–Crippen MR) is 111 cm³/mol. The first-order valence-corrected chi connectivity index (χ1v) is 10.5. The Bertz CT molecular complexity index is 880. The smallest absolute Gasteiger partial charge is 0.255 e. The number of Topliss-reactive ketones (excluding diaryl/α,β-unsaturated/α-hetero) is 1. The summed E-state index contributed by atoms with van der Waals surface area (Å²) in [7, 11) is 0. The van der Waals surface area contributed by atoms with Gasteiger partial charge in [0.05, 0.1) is 0 Å². The fourth-order valence-corrected chi connectivity index (χ4v) is 4.07. The molecule has 2 saturated carbocycles. The molecule has 2 fully saturated rings. The van der Waals surface area contributed by atoms with Gasteiger partial charge in [0.2, 0.25) is 0 Å². The summed E-state index contributed by atoms with van der Waals surface area (Å²) in [5.74, 6) is 1.27. The van der Waals surface area contributed by atoms with Gasteiger partial charge in [0, 0.05) is 35.1 Å². The summed E-state index contributed by atoms with van der Waals surface area (Å²) in [5.41, 5.74) is 3.96. The number of nitrogens with zero attached hydrogens (tertiary/aromatic N) is 1. The molecule has 0 aliphatic heterocycles. The Kier molecular flexibility index (Phi) is 5.56. The molecule has 2 aliphatic rings.